The van der Waals surface area contributed by atoms with Crippen molar-refractivity contribution in [3.05, 3.63) is 58.2 Å². The van der Waals surface area contributed by atoms with E-state index < -0.39 is 11.5 Å². The van der Waals surface area contributed by atoms with E-state index >= 15 is 0 Å². The molecule has 3 aromatic rings. The molecule has 24 heavy (non-hydrogen) atoms. The van der Waals surface area contributed by atoms with Crippen molar-refractivity contribution < 1.29 is 15.3 Å². The van der Waals surface area contributed by atoms with Crippen molar-refractivity contribution in [1.82, 2.24) is 4.68 Å². The Hall–Kier alpha value is -3.06. The van der Waals surface area contributed by atoms with Crippen molar-refractivity contribution in [3.63, 3.8) is 0 Å². The van der Waals surface area contributed by atoms with E-state index in [9.17, 15) is 15.3 Å². The third-order valence-electron chi connectivity index (χ3n) is 3.42. The summed E-state index contributed by atoms with van der Waals surface area (Å²) in [5.74, 6) is -1.38. The molecule has 0 spiro atoms. The lowest BCUT2D eigenvalue weighted by molar-refractivity contribution is 0.367. The highest BCUT2D eigenvalue weighted by Gasteiger charge is 2.10. The van der Waals surface area contributed by atoms with Crippen LogP contribution in [0.3, 0.4) is 0 Å². The number of nitrogens with zero attached hydrogens (tertiary/aromatic N) is 3. The smallest absolute Gasteiger partial charge is 0.205 e. The first-order chi connectivity index (χ1) is 11.6. The van der Waals surface area contributed by atoms with Gasteiger partial charge >= 0.3 is 0 Å². The fourth-order valence-electron chi connectivity index (χ4n) is 2.18. The minimum Gasteiger partial charge on any atom is -0.504 e. The minimum absolute atomic E-state index is 0.282. The normalized spacial score (nSPS) is 12.1. The summed E-state index contributed by atoms with van der Waals surface area (Å²) in [5, 5.41) is 35.2. The highest BCUT2D eigenvalue weighted by atomic mass is 32.1. The van der Waals surface area contributed by atoms with Gasteiger partial charge in [0.15, 0.2) is 11.5 Å². The first-order valence-electron chi connectivity index (χ1n) is 7.09. The van der Waals surface area contributed by atoms with Crippen LogP contribution >= 0.6 is 11.3 Å². The lowest BCUT2D eigenvalue weighted by atomic mass is 10.2. The monoisotopic (exact) mass is 341 g/mol. The quantitative estimate of drug-likeness (QED) is 0.505. The van der Waals surface area contributed by atoms with Gasteiger partial charge in [0, 0.05) is 23.6 Å². The first kappa shape index (κ1) is 15.8. The molecule has 6 nitrogen and oxygen atoms in total. The SMILES string of the molecule is CN=c1scc(-c2ccccc2)n1/N=C/c1ccc(O)c(O)c1O. The number of hydrogen-bond donors (Lipinski definition) is 3. The average molecular weight is 341 g/mol. The zero-order chi connectivity index (χ0) is 17.1. The summed E-state index contributed by atoms with van der Waals surface area (Å²) in [4.78, 5) is 4.89. The minimum atomic E-state index is -0.571. The second-order valence-corrected chi connectivity index (χ2v) is 5.76. The molecule has 2 aromatic carbocycles. The van der Waals surface area contributed by atoms with Gasteiger partial charge in [0.05, 0.1) is 11.9 Å². The number of hydrogen-bond acceptors (Lipinski definition) is 6. The topological polar surface area (TPSA) is 90.3 Å². The van der Waals surface area contributed by atoms with Gasteiger partial charge in [-0.15, -0.1) is 11.3 Å². The summed E-state index contributed by atoms with van der Waals surface area (Å²) >= 11 is 1.45. The van der Waals surface area contributed by atoms with E-state index in [1.54, 1.807) is 11.7 Å². The van der Waals surface area contributed by atoms with Gasteiger partial charge in [-0.1, -0.05) is 30.3 Å². The molecule has 122 valence electrons. The summed E-state index contributed by atoms with van der Waals surface area (Å²) < 4.78 is 1.66. The Morgan fingerprint density at radius 3 is 2.46 bits per heavy atom. The van der Waals surface area contributed by atoms with Crippen LogP contribution in [0.1, 0.15) is 5.56 Å². The number of benzene rings is 2. The van der Waals surface area contributed by atoms with Crippen molar-refractivity contribution in [2.45, 2.75) is 0 Å². The molecular formula is C17H15N3O3S. The number of aromatic nitrogens is 1. The van der Waals surface area contributed by atoms with E-state index in [0.29, 0.717) is 4.80 Å². The van der Waals surface area contributed by atoms with Crippen LogP contribution in [0.15, 0.2) is 57.9 Å². The summed E-state index contributed by atoms with van der Waals surface area (Å²) in [7, 11) is 1.68. The molecule has 3 rings (SSSR count). The fraction of sp³-hybridized carbons (Fsp3) is 0.0588. The molecule has 0 saturated carbocycles. The van der Waals surface area contributed by atoms with Gasteiger partial charge in [0.1, 0.15) is 0 Å². The van der Waals surface area contributed by atoms with E-state index in [2.05, 4.69) is 10.1 Å². The molecule has 7 heteroatoms. The van der Waals surface area contributed by atoms with Gasteiger partial charge in [0.25, 0.3) is 0 Å². The Morgan fingerprint density at radius 2 is 1.75 bits per heavy atom. The predicted octanol–water partition coefficient (Wildman–Crippen LogP) is 2.75. The van der Waals surface area contributed by atoms with E-state index in [4.69, 9.17) is 0 Å². The summed E-state index contributed by atoms with van der Waals surface area (Å²) in [6.45, 7) is 0. The van der Waals surface area contributed by atoms with Crippen molar-refractivity contribution >= 4 is 17.6 Å². The van der Waals surface area contributed by atoms with Crippen LogP contribution < -0.4 is 4.80 Å². The molecule has 0 bridgehead atoms. The molecule has 0 saturated heterocycles. The number of aromatic hydroxyl groups is 3. The predicted molar refractivity (Wildman–Crippen MR) is 93.7 cm³/mol. The number of phenolic OH excluding ortho intramolecular Hbond substituents is 3. The standard InChI is InChI=1S/C17H15N3O3S/c1-18-17-20(13(10-24-17)11-5-3-2-4-6-11)19-9-12-7-8-14(21)16(23)15(12)22/h2-10,21-23H,1H3/b18-17?,19-9+. The molecule has 0 amide bonds. The summed E-state index contributed by atoms with van der Waals surface area (Å²) in [6.07, 6.45) is 1.41. The van der Waals surface area contributed by atoms with Crippen LogP contribution in [0.4, 0.5) is 0 Å². The lowest BCUT2D eigenvalue weighted by Crippen LogP contribution is -2.11. The second-order valence-electron chi connectivity index (χ2n) is 4.92. The third-order valence-corrected chi connectivity index (χ3v) is 4.33. The molecule has 0 aliphatic carbocycles. The van der Waals surface area contributed by atoms with E-state index in [0.717, 1.165) is 11.3 Å². The van der Waals surface area contributed by atoms with Crippen LogP contribution in [-0.2, 0) is 0 Å². The largest absolute Gasteiger partial charge is 0.504 e. The number of phenols is 3. The third kappa shape index (κ3) is 2.89. The highest BCUT2D eigenvalue weighted by molar-refractivity contribution is 7.07. The number of thiazole rings is 1. The van der Waals surface area contributed by atoms with Gasteiger partial charge < -0.3 is 15.3 Å². The van der Waals surface area contributed by atoms with E-state index in [1.807, 2.05) is 35.7 Å². The molecule has 0 unspecified atom stereocenters. The van der Waals surface area contributed by atoms with Gasteiger partial charge in [0.2, 0.25) is 10.6 Å². The van der Waals surface area contributed by atoms with Crippen LogP contribution in [0, 0.1) is 0 Å². The van der Waals surface area contributed by atoms with Gasteiger partial charge in [-0.25, -0.2) is 4.68 Å². The molecule has 0 radical (unpaired) electrons. The Bertz CT molecular complexity index is 959. The highest BCUT2D eigenvalue weighted by Crippen LogP contribution is 2.36. The Kier molecular flexibility index (Phi) is 4.35. The van der Waals surface area contributed by atoms with E-state index in [1.165, 1.54) is 29.7 Å². The van der Waals surface area contributed by atoms with Gasteiger partial charge in [-0.05, 0) is 12.1 Å². The van der Waals surface area contributed by atoms with E-state index in [-0.39, 0.29) is 11.3 Å². The van der Waals surface area contributed by atoms with Crippen molar-refractivity contribution in [2.75, 3.05) is 7.05 Å². The molecule has 1 aromatic heterocycles. The molecule has 0 aliphatic rings. The Balaban J connectivity index is 2.08. The molecule has 0 aliphatic heterocycles. The first-order valence-corrected chi connectivity index (χ1v) is 7.97. The zero-order valence-corrected chi connectivity index (χ0v) is 13.6. The maximum absolute atomic E-state index is 9.89. The molecule has 1 heterocycles. The van der Waals surface area contributed by atoms with Crippen molar-refractivity contribution in [1.29, 1.82) is 0 Å². The van der Waals surface area contributed by atoms with Crippen LogP contribution in [0.5, 0.6) is 17.2 Å². The zero-order valence-electron chi connectivity index (χ0n) is 12.8. The number of rotatable bonds is 3. The van der Waals surface area contributed by atoms with Crippen LogP contribution in [0.2, 0.25) is 0 Å². The fourth-order valence-corrected chi connectivity index (χ4v) is 2.98. The Morgan fingerprint density at radius 1 is 1.00 bits per heavy atom. The summed E-state index contributed by atoms with van der Waals surface area (Å²) in [6, 6.07) is 12.5. The lowest BCUT2D eigenvalue weighted by Gasteiger charge is -2.05. The van der Waals surface area contributed by atoms with Gasteiger partial charge in [-0.2, -0.15) is 5.10 Å². The molecular weight excluding hydrogens is 326 g/mol. The van der Waals surface area contributed by atoms with Crippen LogP contribution in [0.25, 0.3) is 11.3 Å². The van der Waals surface area contributed by atoms with Crippen LogP contribution in [-0.4, -0.2) is 33.3 Å². The molecule has 0 atom stereocenters. The summed E-state index contributed by atoms with van der Waals surface area (Å²) in [5.41, 5.74) is 2.13. The maximum atomic E-state index is 9.89. The van der Waals surface area contributed by atoms with Crippen molar-refractivity contribution in [3.8, 4) is 28.5 Å². The molecule has 3 N–H and O–H groups in total. The second kappa shape index (κ2) is 6.59. The average Bonchev–Trinajstić information content (AvgIpc) is 3.03. The van der Waals surface area contributed by atoms with Gasteiger partial charge in [-0.3, -0.25) is 4.99 Å². The molecule has 0 fully saturated rings. The van der Waals surface area contributed by atoms with Crippen molar-refractivity contribution in [2.24, 2.45) is 10.1 Å². The Labute approximate surface area is 141 Å². The maximum Gasteiger partial charge on any atom is 0.205 e.